The van der Waals surface area contributed by atoms with E-state index < -0.39 is 11.7 Å². The van der Waals surface area contributed by atoms with E-state index in [1.54, 1.807) is 6.07 Å². The van der Waals surface area contributed by atoms with Gasteiger partial charge in [-0.2, -0.15) is 0 Å². The molecule has 0 aliphatic carbocycles. The number of carbonyl (C=O) groups excluding carboxylic acids is 1. The Morgan fingerprint density at radius 3 is 2.68 bits per heavy atom. The molecule has 0 atom stereocenters. The minimum atomic E-state index is -0.538. The van der Waals surface area contributed by atoms with Crippen molar-refractivity contribution in [3.8, 4) is 22.6 Å². The first-order valence-corrected chi connectivity index (χ1v) is 13.9. The summed E-state index contributed by atoms with van der Waals surface area (Å²) in [6, 6.07) is 13.3. The van der Waals surface area contributed by atoms with Crippen LogP contribution in [0.1, 0.15) is 20.3 Å². The third-order valence-corrected chi connectivity index (χ3v) is 7.77. The summed E-state index contributed by atoms with van der Waals surface area (Å²) in [6.45, 7) is 7.78. The van der Waals surface area contributed by atoms with E-state index in [9.17, 15) is 14.0 Å². The molecule has 2 N–H and O–H groups in total. The molecule has 4 rings (SSSR count). The highest BCUT2D eigenvalue weighted by Gasteiger charge is 2.21. The fraction of sp³-hybridized carbons (Fsp3) is 0.296. The van der Waals surface area contributed by atoms with Crippen LogP contribution in [0.25, 0.3) is 27.0 Å². The molecule has 0 saturated carbocycles. The molecule has 0 unspecified atom stereocenters. The molecule has 0 saturated heterocycles. The lowest BCUT2D eigenvalue weighted by molar-refractivity contribution is -0.115. The van der Waals surface area contributed by atoms with Crippen LogP contribution in [-0.2, 0) is 4.79 Å². The first kappa shape index (κ1) is 26.8. The smallest absolute Gasteiger partial charge is 0.268 e. The molecular formula is C27H29FN4O3S2. The van der Waals surface area contributed by atoms with Crippen molar-refractivity contribution in [3.63, 3.8) is 0 Å². The number of fused-ring (bicyclic) bond motifs is 1. The fourth-order valence-corrected chi connectivity index (χ4v) is 5.80. The average Bonchev–Trinajstić information content (AvgIpc) is 3.32. The highest BCUT2D eigenvalue weighted by Crippen LogP contribution is 2.37. The fourth-order valence-electron chi connectivity index (χ4n) is 4.07. The Kier molecular flexibility index (Phi) is 8.96. The summed E-state index contributed by atoms with van der Waals surface area (Å²) in [6.07, 6.45) is 0.884. The summed E-state index contributed by atoms with van der Waals surface area (Å²) in [4.78, 5) is 32.9. The number of benzene rings is 2. The molecule has 0 aliphatic heterocycles. The maximum absolute atomic E-state index is 14.1. The van der Waals surface area contributed by atoms with Gasteiger partial charge in [-0.25, -0.2) is 9.37 Å². The molecule has 0 fully saturated rings. The van der Waals surface area contributed by atoms with Crippen LogP contribution < -0.4 is 16.0 Å². The maximum Gasteiger partial charge on any atom is 0.268 e. The Bertz CT molecular complexity index is 1450. The zero-order valence-corrected chi connectivity index (χ0v) is 22.4. The number of thioether (sulfide) groups is 1. The number of rotatable bonds is 12. The zero-order chi connectivity index (χ0) is 26.4. The van der Waals surface area contributed by atoms with Crippen LogP contribution >= 0.6 is 23.1 Å². The normalized spacial score (nSPS) is 11.4. The van der Waals surface area contributed by atoms with Gasteiger partial charge >= 0.3 is 0 Å². The number of para-hydroxylation sites is 1. The summed E-state index contributed by atoms with van der Waals surface area (Å²) < 4.78 is 21.6. The Morgan fingerprint density at radius 1 is 1.16 bits per heavy atom. The largest absolute Gasteiger partial charge is 0.493 e. The first-order valence-electron chi connectivity index (χ1n) is 12.1. The van der Waals surface area contributed by atoms with E-state index in [4.69, 9.17) is 10.5 Å². The van der Waals surface area contributed by atoms with Crippen LogP contribution in [-0.4, -0.2) is 52.4 Å². The van der Waals surface area contributed by atoms with E-state index in [2.05, 4.69) is 23.7 Å². The Balaban J connectivity index is 1.76. The van der Waals surface area contributed by atoms with Gasteiger partial charge in [0.2, 0.25) is 5.91 Å². The lowest BCUT2D eigenvalue weighted by Gasteiger charge is -2.18. The number of primary amides is 1. The number of hydrogen-bond acceptors (Lipinski definition) is 7. The van der Waals surface area contributed by atoms with Gasteiger partial charge in [-0.3, -0.25) is 14.2 Å². The molecule has 10 heteroatoms. The number of halogens is 1. The maximum atomic E-state index is 14.1. The van der Waals surface area contributed by atoms with Crippen molar-refractivity contribution in [2.24, 2.45) is 5.73 Å². The second-order valence-corrected chi connectivity index (χ2v) is 10.1. The second kappa shape index (κ2) is 12.4. The number of thiophene rings is 1. The summed E-state index contributed by atoms with van der Waals surface area (Å²) in [5.74, 6) is -0.394. The third-order valence-electron chi connectivity index (χ3n) is 5.93. The molecule has 4 aromatic rings. The van der Waals surface area contributed by atoms with E-state index in [1.807, 2.05) is 29.6 Å². The molecule has 0 aliphatic rings. The van der Waals surface area contributed by atoms with Gasteiger partial charge in [0.25, 0.3) is 5.56 Å². The lowest BCUT2D eigenvalue weighted by atomic mass is 10.1. The highest BCUT2D eigenvalue weighted by molar-refractivity contribution is 7.99. The summed E-state index contributed by atoms with van der Waals surface area (Å²) in [7, 11) is 0. The third kappa shape index (κ3) is 6.20. The number of nitrogens with two attached hydrogens (primary N) is 1. The van der Waals surface area contributed by atoms with Crippen LogP contribution in [0, 0.1) is 5.82 Å². The van der Waals surface area contributed by atoms with Crippen molar-refractivity contribution in [1.29, 1.82) is 0 Å². The monoisotopic (exact) mass is 540 g/mol. The molecule has 0 radical (unpaired) electrons. The average molecular weight is 541 g/mol. The van der Waals surface area contributed by atoms with Crippen LogP contribution in [0.3, 0.4) is 0 Å². The molecule has 1 amide bonds. The Labute approximate surface area is 223 Å². The molecule has 0 spiro atoms. The number of hydrogen-bond donors (Lipinski definition) is 1. The van der Waals surface area contributed by atoms with Gasteiger partial charge in [-0.05, 0) is 43.8 Å². The van der Waals surface area contributed by atoms with Crippen LogP contribution in [0.15, 0.2) is 63.9 Å². The summed E-state index contributed by atoms with van der Waals surface area (Å²) in [5.41, 5.74) is 6.80. The van der Waals surface area contributed by atoms with E-state index >= 15 is 0 Å². The van der Waals surface area contributed by atoms with Gasteiger partial charge in [-0.1, -0.05) is 49.9 Å². The SMILES string of the molecule is CCN(CC)CCCOc1ccccc1-c1csc2nc(SCC(N)=O)n(-c3cccc(F)c3)c(=O)c12. The van der Waals surface area contributed by atoms with Crippen molar-refractivity contribution < 1.29 is 13.9 Å². The summed E-state index contributed by atoms with van der Waals surface area (Å²) >= 11 is 2.38. The minimum absolute atomic E-state index is 0.0599. The predicted molar refractivity (Wildman–Crippen MR) is 148 cm³/mol. The van der Waals surface area contributed by atoms with Gasteiger partial charge in [0.05, 0.1) is 23.4 Å². The van der Waals surface area contributed by atoms with Crippen molar-refractivity contribution in [2.45, 2.75) is 25.4 Å². The number of nitrogens with zero attached hydrogens (tertiary/aromatic N) is 3. The quantitative estimate of drug-likeness (QED) is 0.156. The van der Waals surface area contributed by atoms with Gasteiger partial charge < -0.3 is 15.4 Å². The van der Waals surface area contributed by atoms with Crippen molar-refractivity contribution in [2.75, 3.05) is 32.0 Å². The Hall–Kier alpha value is -3.21. The highest BCUT2D eigenvalue weighted by atomic mass is 32.2. The molecule has 0 bridgehead atoms. The van der Waals surface area contributed by atoms with Crippen molar-refractivity contribution in [3.05, 3.63) is 70.1 Å². The minimum Gasteiger partial charge on any atom is -0.493 e. The van der Waals surface area contributed by atoms with Gasteiger partial charge in [-0.15, -0.1) is 11.3 Å². The second-order valence-electron chi connectivity index (χ2n) is 8.32. The number of amides is 1. The molecule has 37 heavy (non-hydrogen) atoms. The van der Waals surface area contributed by atoms with Crippen molar-refractivity contribution >= 4 is 39.2 Å². The standard InChI is InChI=1S/C27H29FN4O3S2/c1-3-31(4-2)13-8-14-35-22-12-6-5-11-20(22)21-16-36-25-24(21)26(34)32(19-10-7-9-18(28)15-19)27(30-25)37-17-23(29)33/h5-7,9-12,15-16H,3-4,8,13-14,17H2,1-2H3,(H2,29,33). The molecular weight excluding hydrogens is 511 g/mol. The first-order chi connectivity index (χ1) is 17.9. The zero-order valence-electron chi connectivity index (χ0n) is 20.8. The van der Waals surface area contributed by atoms with E-state index in [0.29, 0.717) is 33.8 Å². The van der Waals surface area contributed by atoms with Gasteiger partial charge in [0.15, 0.2) is 5.16 Å². The predicted octanol–water partition coefficient (Wildman–Crippen LogP) is 4.94. The molecule has 194 valence electrons. The summed E-state index contributed by atoms with van der Waals surface area (Å²) in [5, 5.41) is 2.57. The van der Waals surface area contributed by atoms with Gasteiger partial charge in [0, 0.05) is 23.1 Å². The van der Waals surface area contributed by atoms with Crippen LogP contribution in [0.4, 0.5) is 4.39 Å². The van der Waals surface area contributed by atoms with Gasteiger partial charge in [0.1, 0.15) is 16.4 Å². The van der Waals surface area contributed by atoms with Crippen molar-refractivity contribution in [1.82, 2.24) is 14.5 Å². The topological polar surface area (TPSA) is 90.4 Å². The molecule has 7 nitrogen and oxygen atoms in total. The number of aromatic nitrogens is 2. The van der Waals surface area contributed by atoms with E-state index in [1.165, 1.54) is 34.1 Å². The van der Waals surface area contributed by atoms with Crippen LogP contribution in [0.5, 0.6) is 5.75 Å². The lowest BCUT2D eigenvalue weighted by Crippen LogP contribution is -2.25. The van der Waals surface area contributed by atoms with Crippen LogP contribution in [0.2, 0.25) is 0 Å². The molecule has 2 heterocycles. The number of carbonyl (C=O) groups is 1. The molecule has 2 aromatic carbocycles. The van der Waals surface area contributed by atoms with E-state index in [0.717, 1.165) is 43.4 Å². The van der Waals surface area contributed by atoms with E-state index in [-0.39, 0.29) is 16.5 Å². The Morgan fingerprint density at radius 2 is 1.95 bits per heavy atom. The number of ether oxygens (including phenoxy) is 1. The molecule has 2 aromatic heterocycles.